The van der Waals surface area contributed by atoms with E-state index in [2.05, 4.69) is 232 Å². The summed E-state index contributed by atoms with van der Waals surface area (Å²) in [6, 6.07) is 54.7. The van der Waals surface area contributed by atoms with Gasteiger partial charge in [-0.2, -0.15) is 0 Å². The number of aryl methyl sites for hydroxylation is 1. The van der Waals surface area contributed by atoms with Crippen molar-refractivity contribution >= 4 is 61.3 Å². The largest absolute Gasteiger partial charge is 0.376 e. The zero-order chi connectivity index (χ0) is 48.9. The van der Waals surface area contributed by atoms with E-state index in [9.17, 15) is 0 Å². The van der Waals surface area contributed by atoms with Crippen molar-refractivity contribution in [3.05, 3.63) is 178 Å². The quantitative estimate of drug-likeness (QED) is 0.159. The van der Waals surface area contributed by atoms with E-state index in [0.29, 0.717) is 0 Å². The van der Waals surface area contributed by atoms with Crippen LogP contribution in [0.15, 0.2) is 140 Å². The van der Waals surface area contributed by atoms with Gasteiger partial charge in [0.25, 0.3) is 0 Å². The molecule has 352 valence electrons. The van der Waals surface area contributed by atoms with Gasteiger partial charge in [-0.3, -0.25) is 0 Å². The van der Waals surface area contributed by atoms with Crippen LogP contribution >= 0.6 is 11.3 Å². The van der Waals surface area contributed by atoms with E-state index >= 15 is 0 Å². The zero-order valence-corrected chi connectivity index (χ0v) is 44.5. The molecule has 2 aliphatic carbocycles. The maximum atomic E-state index is 2.80. The molecule has 2 aliphatic heterocycles. The van der Waals surface area contributed by atoms with Crippen LogP contribution in [0, 0.1) is 6.92 Å². The van der Waals surface area contributed by atoms with Crippen LogP contribution in [0.4, 0.5) is 22.1 Å². The monoisotopic (exact) mass is 933 g/mol. The molecule has 3 heterocycles. The zero-order valence-electron chi connectivity index (χ0n) is 43.7. The SMILES string of the molecule is Cc1cc2c3c(c1)N(Cc1ccc(C(C)(C)C)cc1-c1ccccc1)c1sc4cc5c(cc4c1B3N(c1ccc3c(c1)C(C)(C)CCC3(C)C)c1cc(-c3ccccc3)ccc1-2)C(C)(C)CCC5(C)C. The smallest absolute Gasteiger partial charge is 0.334 e. The van der Waals surface area contributed by atoms with Crippen molar-refractivity contribution < 1.29 is 0 Å². The third-order valence-corrected chi connectivity index (χ3v) is 18.7. The summed E-state index contributed by atoms with van der Waals surface area (Å²) in [6.07, 6.45) is 4.75. The van der Waals surface area contributed by atoms with Crippen LogP contribution in [-0.2, 0) is 33.6 Å². The minimum Gasteiger partial charge on any atom is -0.376 e. The normalized spacial score (nSPS) is 17.9. The summed E-state index contributed by atoms with van der Waals surface area (Å²) >= 11 is 2.03. The summed E-state index contributed by atoms with van der Waals surface area (Å²) in [4.78, 5) is 5.54. The molecule has 70 heavy (non-hydrogen) atoms. The lowest BCUT2D eigenvalue weighted by Crippen LogP contribution is -2.61. The van der Waals surface area contributed by atoms with Gasteiger partial charge < -0.3 is 9.71 Å². The number of anilines is 4. The summed E-state index contributed by atoms with van der Waals surface area (Å²) in [5, 5.41) is 2.78. The molecule has 4 aliphatic rings. The molecule has 2 nitrogen and oxygen atoms in total. The number of thiophene rings is 1. The molecule has 0 atom stereocenters. The van der Waals surface area contributed by atoms with Crippen molar-refractivity contribution in [2.75, 3.05) is 9.71 Å². The minimum absolute atomic E-state index is 0.0220. The lowest BCUT2D eigenvalue weighted by atomic mass is 9.43. The Morgan fingerprint density at radius 1 is 0.514 bits per heavy atom. The molecule has 1 aromatic heterocycles. The summed E-state index contributed by atoms with van der Waals surface area (Å²) in [5.74, 6) is 0. The average Bonchev–Trinajstić information content (AvgIpc) is 3.71. The standard InChI is InChI=1S/C66H69BN2S/c1-41-33-50-48-27-24-44(42-19-15-13-16-20-42)35-56(48)69(47-26-28-52-53(37-47)64(7,8)30-29-63(52,5)6)67-59(50)57(34-41)68(40-45-23-25-46(62(2,3)4)36-49(45)43-21-17-14-18-22-43)61-60(67)51-38-54-55(39-58(51)70-61)66(11,12)32-31-65(54,9)10/h13-28,33-39H,29-32,40H2,1-12H3. The maximum absolute atomic E-state index is 2.80. The molecule has 0 radical (unpaired) electrons. The number of fused-ring (bicyclic) bond motifs is 8. The summed E-state index contributed by atoms with van der Waals surface area (Å²) in [5.41, 5.74) is 24.9. The van der Waals surface area contributed by atoms with Crippen LogP contribution in [-0.4, -0.2) is 6.85 Å². The predicted octanol–water partition coefficient (Wildman–Crippen LogP) is 17.1. The van der Waals surface area contributed by atoms with Gasteiger partial charge in [-0.15, -0.1) is 11.3 Å². The third-order valence-electron chi connectivity index (χ3n) is 17.5. The molecule has 0 unspecified atom stereocenters. The fourth-order valence-electron chi connectivity index (χ4n) is 13.0. The number of nitrogens with zero attached hydrogens (tertiary/aromatic N) is 2. The fraction of sp³-hybridized carbons (Fsp3) is 0.333. The van der Waals surface area contributed by atoms with Gasteiger partial charge in [-0.25, -0.2) is 0 Å². The molecule has 0 fully saturated rings. The number of hydrogen-bond donors (Lipinski definition) is 0. The molecular formula is C66H69BN2S. The van der Waals surface area contributed by atoms with E-state index in [1.165, 1.54) is 141 Å². The highest BCUT2D eigenvalue weighted by Gasteiger charge is 2.49. The van der Waals surface area contributed by atoms with Crippen molar-refractivity contribution in [2.45, 2.75) is 142 Å². The molecule has 0 spiro atoms. The first-order valence-electron chi connectivity index (χ1n) is 26.1. The second-order valence-corrected chi connectivity index (χ2v) is 26.2. The van der Waals surface area contributed by atoms with Gasteiger partial charge in [-0.1, -0.05) is 179 Å². The van der Waals surface area contributed by atoms with Gasteiger partial charge in [0.15, 0.2) is 0 Å². The van der Waals surface area contributed by atoms with Crippen molar-refractivity contribution in [2.24, 2.45) is 0 Å². The van der Waals surface area contributed by atoms with Crippen molar-refractivity contribution in [3.8, 4) is 33.4 Å². The number of hydrogen-bond acceptors (Lipinski definition) is 3. The summed E-state index contributed by atoms with van der Waals surface area (Å²) in [7, 11) is 0. The van der Waals surface area contributed by atoms with Gasteiger partial charge in [0, 0.05) is 33.9 Å². The molecule has 7 aromatic carbocycles. The highest BCUT2D eigenvalue weighted by atomic mass is 32.1. The van der Waals surface area contributed by atoms with E-state index in [1.54, 1.807) is 0 Å². The van der Waals surface area contributed by atoms with Crippen LogP contribution in [0.1, 0.15) is 141 Å². The topological polar surface area (TPSA) is 6.48 Å². The lowest BCUT2D eigenvalue weighted by molar-refractivity contribution is 0.332. The highest BCUT2D eigenvalue weighted by Crippen LogP contribution is 2.54. The number of benzene rings is 7. The Hall–Kier alpha value is -5.84. The molecule has 4 heteroatoms. The second-order valence-electron chi connectivity index (χ2n) is 25.2. The Morgan fingerprint density at radius 3 is 1.79 bits per heavy atom. The Labute approximate surface area is 422 Å². The van der Waals surface area contributed by atoms with Crippen LogP contribution in [0.25, 0.3) is 43.5 Å². The predicted molar refractivity (Wildman–Crippen MR) is 304 cm³/mol. The second kappa shape index (κ2) is 15.6. The van der Waals surface area contributed by atoms with Crippen molar-refractivity contribution in [1.29, 1.82) is 0 Å². The van der Waals surface area contributed by atoms with Gasteiger partial charge in [0.05, 0.1) is 5.00 Å². The molecular weight excluding hydrogens is 864 g/mol. The summed E-state index contributed by atoms with van der Waals surface area (Å²) < 4.78 is 1.40. The van der Waals surface area contributed by atoms with Gasteiger partial charge in [0.2, 0.25) is 0 Å². The first-order chi connectivity index (χ1) is 33.2. The molecule has 0 N–H and O–H groups in total. The van der Waals surface area contributed by atoms with Crippen LogP contribution < -0.4 is 20.6 Å². The van der Waals surface area contributed by atoms with Gasteiger partial charge in [-0.05, 0) is 179 Å². The van der Waals surface area contributed by atoms with Crippen LogP contribution in [0.2, 0.25) is 0 Å². The molecule has 0 saturated carbocycles. The Bertz CT molecular complexity index is 3420. The van der Waals surface area contributed by atoms with E-state index in [-0.39, 0.29) is 33.9 Å². The molecule has 0 saturated heterocycles. The molecule has 0 bridgehead atoms. The van der Waals surface area contributed by atoms with Gasteiger partial charge in [0.1, 0.15) is 0 Å². The fourth-order valence-corrected chi connectivity index (χ4v) is 14.2. The maximum Gasteiger partial charge on any atom is 0.334 e. The average molecular weight is 933 g/mol. The van der Waals surface area contributed by atoms with Gasteiger partial charge >= 0.3 is 6.85 Å². The van der Waals surface area contributed by atoms with E-state index < -0.39 is 0 Å². The Morgan fingerprint density at radius 2 is 1.13 bits per heavy atom. The Kier molecular flexibility index (Phi) is 10.1. The highest BCUT2D eigenvalue weighted by molar-refractivity contribution is 7.26. The van der Waals surface area contributed by atoms with E-state index in [4.69, 9.17) is 0 Å². The Balaban J connectivity index is 1.18. The minimum atomic E-state index is -0.0588. The first kappa shape index (κ1) is 45.3. The van der Waals surface area contributed by atoms with E-state index in [1.807, 2.05) is 11.3 Å². The molecule has 12 rings (SSSR count). The van der Waals surface area contributed by atoms with Crippen LogP contribution in [0.5, 0.6) is 0 Å². The van der Waals surface area contributed by atoms with Crippen molar-refractivity contribution in [3.63, 3.8) is 0 Å². The molecule has 8 aromatic rings. The first-order valence-corrected chi connectivity index (χ1v) is 26.9. The summed E-state index contributed by atoms with van der Waals surface area (Å²) in [6.45, 7) is 29.8. The number of rotatable bonds is 5. The lowest BCUT2D eigenvalue weighted by Gasteiger charge is -2.46. The van der Waals surface area contributed by atoms with Crippen molar-refractivity contribution in [1.82, 2.24) is 0 Å². The van der Waals surface area contributed by atoms with E-state index in [0.717, 1.165) is 6.54 Å². The third kappa shape index (κ3) is 7.09. The molecule has 0 amide bonds. The van der Waals surface area contributed by atoms with Crippen LogP contribution in [0.3, 0.4) is 0 Å².